The van der Waals surface area contributed by atoms with Gasteiger partial charge in [-0.1, -0.05) is 6.07 Å². The molecule has 1 aromatic carbocycles. The van der Waals surface area contributed by atoms with Crippen molar-refractivity contribution in [2.75, 3.05) is 5.32 Å². The standard InChI is InChI=1S/C17H16FN3O/c1-11-3-6-16-20-14(8-17(22)21(16)10-11)9-19-15-5-4-13(18)7-12(15)2/h3-8,10,19H,9H2,1-2H3. The Balaban J connectivity index is 1.88. The van der Waals surface area contributed by atoms with E-state index in [9.17, 15) is 9.18 Å². The molecule has 0 bridgehead atoms. The number of anilines is 1. The Kier molecular flexibility index (Phi) is 3.63. The summed E-state index contributed by atoms with van der Waals surface area (Å²) < 4.78 is 14.6. The molecule has 22 heavy (non-hydrogen) atoms. The number of aromatic nitrogens is 2. The van der Waals surface area contributed by atoms with Crippen molar-refractivity contribution < 1.29 is 4.39 Å². The predicted octanol–water partition coefficient (Wildman–Crippen LogP) is 3.06. The molecule has 2 heterocycles. The fourth-order valence-electron chi connectivity index (χ4n) is 2.36. The van der Waals surface area contributed by atoms with Crippen LogP contribution in [0.2, 0.25) is 0 Å². The third-order valence-corrected chi connectivity index (χ3v) is 3.51. The molecule has 4 nitrogen and oxygen atoms in total. The van der Waals surface area contributed by atoms with Crippen LogP contribution in [0.25, 0.3) is 5.65 Å². The van der Waals surface area contributed by atoms with Crippen LogP contribution >= 0.6 is 0 Å². The molecular weight excluding hydrogens is 281 g/mol. The molecule has 2 aromatic heterocycles. The Labute approximate surface area is 127 Å². The van der Waals surface area contributed by atoms with Crippen molar-refractivity contribution in [3.63, 3.8) is 0 Å². The second-order valence-corrected chi connectivity index (χ2v) is 5.33. The maximum atomic E-state index is 13.1. The van der Waals surface area contributed by atoms with Gasteiger partial charge in [0.2, 0.25) is 0 Å². The topological polar surface area (TPSA) is 46.4 Å². The molecule has 0 radical (unpaired) electrons. The Morgan fingerprint density at radius 3 is 2.77 bits per heavy atom. The molecule has 0 atom stereocenters. The lowest BCUT2D eigenvalue weighted by Crippen LogP contribution is -2.17. The number of halogens is 1. The van der Waals surface area contributed by atoms with Crippen molar-refractivity contribution in [3.05, 3.63) is 75.6 Å². The van der Waals surface area contributed by atoms with Gasteiger partial charge in [0.05, 0.1) is 12.2 Å². The Bertz CT molecular complexity index is 902. The molecule has 0 fully saturated rings. The van der Waals surface area contributed by atoms with Crippen molar-refractivity contribution in [3.8, 4) is 0 Å². The molecule has 0 aliphatic heterocycles. The van der Waals surface area contributed by atoms with E-state index in [4.69, 9.17) is 0 Å². The van der Waals surface area contributed by atoms with E-state index in [0.717, 1.165) is 16.8 Å². The quantitative estimate of drug-likeness (QED) is 0.808. The molecule has 5 heteroatoms. The van der Waals surface area contributed by atoms with Crippen LogP contribution < -0.4 is 10.9 Å². The molecule has 1 N–H and O–H groups in total. The number of hydrogen-bond acceptors (Lipinski definition) is 3. The summed E-state index contributed by atoms with van der Waals surface area (Å²) in [4.78, 5) is 16.6. The summed E-state index contributed by atoms with van der Waals surface area (Å²) in [7, 11) is 0. The zero-order valence-corrected chi connectivity index (χ0v) is 12.4. The van der Waals surface area contributed by atoms with Crippen LogP contribution in [0.3, 0.4) is 0 Å². The highest BCUT2D eigenvalue weighted by atomic mass is 19.1. The van der Waals surface area contributed by atoms with Gasteiger partial charge in [-0.25, -0.2) is 9.37 Å². The average Bonchev–Trinajstić information content (AvgIpc) is 2.47. The maximum Gasteiger partial charge on any atom is 0.258 e. The monoisotopic (exact) mass is 297 g/mol. The molecule has 0 aliphatic rings. The first-order valence-corrected chi connectivity index (χ1v) is 7.02. The predicted molar refractivity (Wildman–Crippen MR) is 84.7 cm³/mol. The van der Waals surface area contributed by atoms with Crippen molar-refractivity contribution in [2.24, 2.45) is 0 Å². The van der Waals surface area contributed by atoms with Crippen LogP contribution in [0, 0.1) is 19.7 Å². The molecule has 0 unspecified atom stereocenters. The molecule has 0 saturated heterocycles. The molecule has 0 saturated carbocycles. The fourth-order valence-corrected chi connectivity index (χ4v) is 2.36. The molecule has 0 spiro atoms. The lowest BCUT2D eigenvalue weighted by Gasteiger charge is -2.10. The highest BCUT2D eigenvalue weighted by Gasteiger charge is 2.04. The molecule has 112 valence electrons. The van der Waals surface area contributed by atoms with Crippen molar-refractivity contribution in [1.82, 2.24) is 9.38 Å². The van der Waals surface area contributed by atoms with Crippen molar-refractivity contribution in [2.45, 2.75) is 20.4 Å². The zero-order chi connectivity index (χ0) is 15.7. The number of fused-ring (bicyclic) bond motifs is 1. The van der Waals surface area contributed by atoms with E-state index in [-0.39, 0.29) is 11.4 Å². The second-order valence-electron chi connectivity index (χ2n) is 5.33. The van der Waals surface area contributed by atoms with E-state index in [2.05, 4.69) is 10.3 Å². The average molecular weight is 297 g/mol. The van der Waals surface area contributed by atoms with E-state index in [1.807, 2.05) is 26.0 Å². The molecular formula is C17H16FN3O. The van der Waals surface area contributed by atoms with E-state index in [1.54, 1.807) is 12.3 Å². The first kappa shape index (κ1) is 14.3. The summed E-state index contributed by atoms with van der Waals surface area (Å²) >= 11 is 0. The minimum absolute atomic E-state index is 0.110. The van der Waals surface area contributed by atoms with Gasteiger partial charge < -0.3 is 5.32 Å². The maximum absolute atomic E-state index is 13.1. The van der Waals surface area contributed by atoms with Gasteiger partial charge in [-0.3, -0.25) is 9.20 Å². The minimum atomic E-state index is -0.263. The number of nitrogens with zero attached hydrogens (tertiary/aromatic N) is 2. The van der Waals surface area contributed by atoms with E-state index in [1.165, 1.54) is 22.6 Å². The van der Waals surface area contributed by atoms with Gasteiger partial charge in [0.25, 0.3) is 5.56 Å². The highest BCUT2D eigenvalue weighted by molar-refractivity contribution is 5.51. The van der Waals surface area contributed by atoms with E-state index >= 15 is 0 Å². The van der Waals surface area contributed by atoms with Gasteiger partial charge in [-0.2, -0.15) is 0 Å². The minimum Gasteiger partial charge on any atom is -0.379 e. The summed E-state index contributed by atoms with van der Waals surface area (Å²) in [5, 5.41) is 3.18. The smallest absolute Gasteiger partial charge is 0.258 e. The summed E-state index contributed by atoms with van der Waals surface area (Å²) in [6.45, 7) is 4.17. The molecule has 0 amide bonds. The van der Waals surface area contributed by atoms with Crippen LogP contribution in [0.15, 0.2) is 47.4 Å². The summed E-state index contributed by atoms with van der Waals surface area (Å²) in [6.07, 6.45) is 1.77. The number of hydrogen-bond donors (Lipinski definition) is 1. The summed E-state index contributed by atoms with van der Waals surface area (Å²) in [6, 6.07) is 9.81. The number of rotatable bonds is 3. The number of aryl methyl sites for hydroxylation is 2. The van der Waals surface area contributed by atoms with Gasteiger partial charge >= 0.3 is 0 Å². The fraction of sp³-hybridized carbons (Fsp3) is 0.176. The lowest BCUT2D eigenvalue weighted by atomic mass is 10.2. The Morgan fingerprint density at radius 2 is 2.00 bits per heavy atom. The first-order chi connectivity index (χ1) is 10.5. The van der Waals surface area contributed by atoms with Crippen molar-refractivity contribution >= 4 is 11.3 Å². The summed E-state index contributed by atoms with van der Waals surface area (Å²) in [5.41, 5.74) is 3.80. The normalized spacial score (nSPS) is 10.9. The molecule has 3 rings (SSSR count). The third kappa shape index (κ3) is 2.83. The first-order valence-electron chi connectivity index (χ1n) is 7.02. The zero-order valence-electron chi connectivity index (χ0n) is 12.4. The number of benzene rings is 1. The van der Waals surface area contributed by atoms with Crippen LogP contribution in [0.4, 0.5) is 10.1 Å². The molecule has 3 aromatic rings. The van der Waals surface area contributed by atoms with Crippen LogP contribution in [0.5, 0.6) is 0 Å². The van der Waals surface area contributed by atoms with Gasteiger partial charge in [0.15, 0.2) is 0 Å². The van der Waals surface area contributed by atoms with Crippen LogP contribution in [-0.2, 0) is 6.54 Å². The number of nitrogens with one attached hydrogen (secondary N) is 1. The Hall–Kier alpha value is -2.69. The van der Waals surface area contributed by atoms with Gasteiger partial charge in [0, 0.05) is 18.0 Å². The number of pyridine rings is 1. The lowest BCUT2D eigenvalue weighted by molar-refractivity contribution is 0.627. The second kappa shape index (κ2) is 5.60. The summed E-state index contributed by atoms with van der Waals surface area (Å²) in [5.74, 6) is -0.263. The largest absolute Gasteiger partial charge is 0.379 e. The van der Waals surface area contributed by atoms with Crippen LogP contribution in [0.1, 0.15) is 16.8 Å². The van der Waals surface area contributed by atoms with Gasteiger partial charge in [-0.05, 0) is 49.2 Å². The van der Waals surface area contributed by atoms with Gasteiger partial charge in [-0.15, -0.1) is 0 Å². The van der Waals surface area contributed by atoms with Crippen LogP contribution in [-0.4, -0.2) is 9.38 Å². The third-order valence-electron chi connectivity index (χ3n) is 3.51. The molecule has 0 aliphatic carbocycles. The Morgan fingerprint density at radius 1 is 1.18 bits per heavy atom. The SMILES string of the molecule is Cc1ccc2nc(CNc3ccc(F)cc3C)cc(=O)n2c1. The van der Waals surface area contributed by atoms with E-state index in [0.29, 0.717) is 17.9 Å². The van der Waals surface area contributed by atoms with Crippen molar-refractivity contribution in [1.29, 1.82) is 0 Å². The van der Waals surface area contributed by atoms with E-state index < -0.39 is 0 Å². The van der Waals surface area contributed by atoms with Gasteiger partial charge in [0.1, 0.15) is 11.5 Å². The highest BCUT2D eigenvalue weighted by Crippen LogP contribution is 2.16.